The van der Waals surface area contributed by atoms with Crippen molar-refractivity contribution in [1.29, 1.82) is 0 Å². The molecule has 0 aliphatic carbocycles. The summed E-state index contributed by atoms with van der Waals surface area (Å²) >= 11 is 15.2. The fourth-order valence-electron chi connectivity index (χ4n) is 2.24. The van der Waals surface area contributed by atoms with Crippen molar-refractivity contribution in [2.45, 2.75) is 6.54 Å². The van der Waals surface area contributed by atoms with Gasteiger partial charge in [0.15, 0.2) is 0 Å². The molecule has 0 atom stereocenters. The SMILES string of the molecule is O=c1oc(=O)n(CCOc2cc(Cl)ccc2Cl)c2ccc(Br)cc12. The molecule has 0 amide bonds. The van der Waals surface area contributed by atoms with Crippen LogP contribution in [0.3, 0.4) is 0 Å². The average Bonchev–Trinajstić information content (AvgIpc) is 2.54. The third-order valence-corrected chi connectivity index (χ3v) is 4.38. The minimum Gasteiger partial charge on any atom is -0.490 e. The Morgan fingerprint density at radius 3 is 2.71 bits per heavy atom. The summed E-state index contributed by atoms with van der Waals surface area (Å²) in [4.78, 5) is 23.8. The second-order valence-electron chi connectivity index (χ2n) is 4.89. The van der Waals surface area contributed by atoms with Crippen LogP contribution in [-0.4, -0.2) is 11.2 Å². The van der Waals surface area contributed by atoms with Crippen LogP contribution >= 0.6 is 39.1 Å². The molecule has 0 spiro atoms. The molecule has 0 bridgehead atoms. The summed E-state index contributed by atoms with van der Waals surface area (Å²) in [7, 11) is 0. The Bertz CT molecular complexity index is 1030. The van der Waals surface area contributed by atoms with Crippen LogP contribution in [0.4, 0.5) is 0 Å². The summed E-state index contributed by atoms with van der Waals surface area (Å²) in [6.07, 6.45) is 0. The second kappa shape index (κ2) is 7.01. The molecular weight excluding hydrogens is 421 g/mol. The van der Waals surface area contributed by atoms with Gasteiger partial charge in [-0.2, -0.15) is 0 Å². The molecule has 0 saturated heterocycles. The predicted molar refractivity (Wildman–Crippen MR) is 96.4 cm³/mol. The molecule has 2 aromatic carbocycles. The van der Waals surface area contributed by atoms with Gasteiger partial charge >= 0.3 is 11.4 Å². The summed E-state index contributed by atoms with van der Waals surface area (Å²) in [6.45, 7) is 0.336. The lowest BCUT2D eigenvalue weighted by atomic mass is 10.2. The molecule has 24 heavy (non-hydrogen) atoms. The highest BCUT2D eigenvalue weighted by Gasteiger charge is 2.10. The summed E-state index contributed by atoms with van der Waals surface area (Å²) in [5, 5.41) is 1.22. The fraction of sp³-hybridized carbons (Fsp3) is 0.125. The molecule has 3 aromatic rings. The molecule has 1 aromatic heterocycles. The van der Waals surface area contributed by atoms with Crippen LogP contribution in [0.5, 0.6) is 5.75 Å². The highest BCUT2D eigenvalue weighted by atomic mass is 79.9. The van der Waals surface area contributed by atoms with Crippen molar-refractivity contribution in [2.24, 2.45) is 0 Å². The van der Waals surface area contributed by atoms with Crippen molar-refractivity contribution >= 4 is 50.0 Å². The Labute approximate surface area is 154 Å². The minimum absolute atomic E-state index is 0.152. The van der Waals surface area contributed by atoms with Crippen molar-refractivity contribution < 1.29 is 9.15 Å². The first kappa shape index (κ1) is 17.1. The Kier molecular flexibility index (Phi) is 4.99. The van der Waals surface area contributed by atoms with E-state index < -0.39 is 11.4 Å². The van der Waals surface area contributed by atoms with Crippen molar-refractivity contribution in [3.05, 3.63) is 71.9 Å². The fourth-order valence-corrected chi connectivity index (χ4v) is 2.94. The lowest BCUT2D eigenvalue weighted by Crippen LogP contribution is -2.27. The Balaban J connectivity index is 1.89. The number of aromatic nitrogens is 1. The van der Waals surface area contributed by atoms with E-state index in [0.717, 1.165) is 4.47 Å². The van der Waals surface area contributed by atoms with Gasteiger partial charge in [-0.15, -0.1) is 0 Å². The molecule has 0 N–H and O–H groups in total. The maximum atomic E-state index is 12.0. The van der Waals surface area contributed by atoms with Crippen LogP contribution in [-0.2, 0) is 6.54 Å². The van der Waals surface area contributed by atoms with E-state index in [4.69, 9.17) is 32.4 Å². The van der Waals surface area contributed by atoms with E-state index in [1.807, 2.05) is 0 Å². The van der Waals surface area contributed by atoms with Crippen LogP contribution in [0.2, 0.25) is 10.0 Å². The first-order valence-electron chi connectivity index (χ1n) is 6.87. The van der Waals surface area contributed by atoms with Crippen LogP contribution in [0.1, 0.15) is 0 Å². The van der Waals surface area contributed by atoms with Gasteiger partial charge < -0.3 is 9.15 Å². The van der Waals surface area contributed by atoms with Crippen LogP contribution < -0.4 is 16.1 Å². The van der Waals surface area contributed by atoms with Crippen LogP contribution in [0.25, 0.3) is 10.9 Å². The lowest BCUT2D eigenvalue weighted by Gasteiger charge is -2.11. The zero-order valence-electron chi connectivity index (χ0n) is 12.1. The number of halogens is 3. The smallest absolute Gasteiger partial charge is 0.422 e. The van der Waals surface area contributed by atoms with Crippen LogP contribution in [0, 0.1) is 0 Å². The summed E-state index contributed by atoms with van der Waals surface area (Å²) < 4.78 is 12.4. The molecule has 124 valence electrons. The van der Waals surface area contributed by atoms with Gasteiger partial charge in [0.2, 0.25) is 0 Å². The summed E-state index contributed by atoms with van der Waals surface area (Å²) in [5.74, 6) is -0.322. The number of hydrogen-bond acceptors (Lipinski definition) is 4. The van der Waals surface area contributed by atoms with Crippen molar-refractivity contribution in [3.8, 4) is 5.75 Å². The van der Waals surface area contributed by atoms with Gasteiger partial charge in [-0.05, 0) is 30.3 Å². The average molecular weight is 431 g/mol. The van der Waals surface area contributed by atoms with Crippen LogP contribution in [0.15, 0.2) is 54.9 Å². The lowest BCUT2D eigenvalue weighted by molar-refractivity contribution is 0.287. The highest BCUT2D eigenvalue weighted by Crippen LogP contribution is 2.27. The quantitative estimate of drug-likeness (QED) is 0.625. The van der Waals surface area contributed by atoms with Gasteiger partial charge in [0.25, 0.3) is 0 Å². The van der Waals surface area contributed by atoms with Gasteiger partial charge in [0.05, 0.1) is 22.5 Å². The largest absolute Gasteiger partial charge is 0.490 e. The predicted octanol–water partition coefficient (Wildman–Crippen LogP) is 4.10. The molecule has 0 radical (unpaired) electrons. The minimum atomic E-state index is -0.740. The molecule has 1 heterocycles. The maximum absolute atomic E-state index is 12.0. The molecule has 3 rings (SSSR count). The maximum Gasteiger partial charge on any atom is 0.422 e. The molecule has 0 aliphatic heterocycles. The first-order chi connectivity index (χ1) is 11.5. The monoisotopic (exact) mass is 429 g/mol. The normalized spacial score (nSPS) is 11.0. The first-order valence-corrected chi connectivity index (χ1v) is 8.41. The number of fused-ring (bicyclic) bond motifs is 1. The zero-order chi connectivity index (χ0) is 17.3. The summed E-state index contributed by atoms with van der Waals surface area (Å²) in [5.41, 5.74) is -0.202. The zero-order valence-corrected chi connectivity index (χ0v) is 15.2. The van der Waals surface area contributed by atoms with Gasteiger partial charge in [0.1, 0.15) is 12.4 Å². The Morgan fingerprint density at radius 1 is 1.12 bits per heavy atom. The van der Waals surface area contributed by atoms with E-state index in [0.29, 0.717) is 26.7 Å². The number of benzene rings is 2. The van der Waals surface area contributed by atoms with E-state index in [9.17, 15) is 9.59 Å². The summed E-state index contributed by atoms with van der Waals surface area (Å²) in [6, 6.07) is 9.88. The third kappa shape index (κ3) is 3.50. The Hall–Kier alpha value is -1.76. The van der Waals surface area contributed by atoms with Crippen molar-refractivity contribution in [1.82, 2.24) is 4.57 Å². The number of rotatable bonds is 4. The molecule has 0 unspecified atom stereocenters. The highest BCUT2D eigenvalue weighted by molar-refractivity contribution is 9.10. The van der Waals surface area contributed by atoms with E-state index >= 15 is 0 Å². The van der Waals surface area contributed by atoms with E-state index in [1.165, 1.54) is 4.57 Å². The van der Waals surface area contributed by atoms with Gasteiger partial charge in [-0.3, -0.25) is 4.57 Å². The molecule has 0 saturated carbocycles. The molecule has 0 aliphatic rings. The molecule has 5 nitrogen and oxygen atoms in total. The number of ether oxygens (including phenoxy) is 1. The van der Waals surface area contributed by atoms with Crippen molar-refractivity contribution in [2.75, 3.05) is 6.61 Å². The Morgan fingerprint density at radius 2 is 1.92 bits per heavy atom. The standard InChI is InChI=1S/C16H10BrCl2NO4/c17-9-1-4-13-11(7-9)15(21)24-16(22)20(13)5-6-23-14-8-10(18)2-3-12(14)19/h1-4,7-8H,5-6H2. The van der Waals surface area contributed by atoms with Gasteiger partial charge in [0, 0.05) is 15.6 Å². The molecular formula is C16H10BrCl2NO4. The second-order valence-corrected chi connectivity index (χ2v) is 6.65. The van der Waals surface area contributed by atoms with Gasteiger partial charge in [-0.1, -0.05) is 39.1 Å². The van der Waals surface area contributed by atoms with Crippen molar-refractivity contribution in [3.63, 3.8) is 0 Å². The number of nitrogens with zero attached hydrogens (tertiary/aromatic N) is 1. The van der Waals surface area contributed by atoms with E-state index in [1.54, 1.807) is 36.4 Å². The topological polar surface area (TPSA) is 61.4 Å². The van der Waals surface area contributed by atoms with Gasteiger partial charge in [-0.25, -0.2) is 9.59 Å². The number of hydrogen-bond donors (Lipinski definition) is 0. The van der Waals surface area contributed by atoms with E-state index in [2.05, 4.69) is 15.9 Å². The third-order valence-electron chi connectivity index (χ3n) is 3.34. The molecule has 0 fully saturated rings. The van der Waals surface area contributed by atoms with E-state index in [-0.39, 0.29) is 13.2 Å². The molecule has 8 heteroatoms.